The van der Waals surface area contributed by atoms with E-state index >= 15 is 0 Å². The van der Waals surface area contributed by atoms with Crippen LogP contribution in [0.2, 0.25) is 0 Å². The molecule has 1 aromatic carbocycles. The number of ether oxygens (including phenoxy) is 1. The number of nitrogens with one attached hydrogen (secondary N) is 1. The zero-order valence-corrected chi connectivity index (χ0v) is 15.3. The molecule has 2 heterocycles. The first-order chi connectivity index (χ1) is 12.6. The number of fused-ring (bicyclic) bond motifs is 1. The summed E-state index contributed by atoms with van der Waals surface area (Å²) in [5.41, 5.74) is 1.29. The van der Waals surface area contributed by atoms with Gasteiger partial charge in [-0.2, -0.15) is 0 Å². The standard InChI is InChI=1S/C19H20N2O4S/c1-2-21(12-17(22)20-11-14-7-5-9-26-14)18(23)16-10-13-6-3-4-8-15(13)19(24)25-16/h3-9,16H,2,10-12H2,1H3,(H,20,22)/t16-/m0/s1. The average Bonchev–Trinajstić information content (AvgIpc) is 3.17. The van der Waals surface area contributed by atoms with Crippen LogP contribution >= 0.6 is 11.3 Å². The molecule has 6 nitrogen and oxygen atoms in total. The van der Waals surface area contributed by atoms with Gasteiger partial charge in [-0.1, -0.05) is 24.3 Å². The molecule has 0 saturated heterocycles. The van der Waals surface area contributed by atoms with Gasteiger partial charge in [0.1, 0.15) is 0 Å². The van der Waals surface area contributed by atoms with Crippen LogP contribution in [0.5, 0.6) is 0 Å². The Kier molecular flexibility index (Phi) is 5.68. The van der Waals surface area contributed by atoms with Gasteiger partial charge in [0.15, 0.2) is 6.10 Å². The quantitative estimate of drug-likeness (QED) is 0.787. The molecule has 136 valence electrons. The van der Waals surface area contributed by atoms with Crippen LogP contribution in [-0.2, 0) is 27.3 Å². The number of likely N-dealkylation sites (N-methyl/N-ethyl adjacent to an activating group) is 1. The summed E-state index contributed by atoms with van der Waals surface area (Å²) in [6.07, 6.45) is -0.559. The number of cyclic esters (lactones) is 1. The highest BCUT2D eigenvalue weighted by Crippen LogP contribution is 2.21. The molecule has 0 spiro atoms. The van der Waals surface area contributed by atoms with Crippen LogP contribution in [0.1, 0.15) is 27.7 Å². The molecule has 0 aliphatic carbocycles. The van der Waals surface area contributed by atoms with Crippen LogP contribution in [0.25, 0.3) is 0 Å². The Morgan fingerprint density at radius 1 is 1.27 bits per heavy atom. The summed E-state index contributed by atoms with van der Waals surface area (Å²) < 4.78 is 5.30. The molecule has 0 saturated carbocycles. The first-order valence-electron chi connectivity index (χ1n) is 8.45. The van der Waals surface area contributed by atoms with Crippen LogP contribution in [0.4, 0.5) is 0 Å². The predicted octanol–water partition coefficient (Wildman–Crippen LogP) is 1.99. The van der Waals surface area contributed by atoms with Crippen molar-refractivity contribution in [3.8, 4) is 0 Å². The van der Waals surface area contributed by atoms with Crippen LogP contribution in [0.15, 0.2) is 41.8 Å². The number of carbonyl (C=O) groups is 3. The van der Waals surface area contributed by atoms with Crippen molar-refractivity contribution >= 4 is 29.1 Å². The summed E-state index contributed by atoms with van der Waals surface area (Å²) in [6.45, 7) is 2.54. The number of nitrogens with zero attached hydrogens (tertiary/aromatic N) is 1. The first kappa shape index (κ1) is 18.1. The molecular formula is C19H20N2O4S. The average molecular weight is 372 g/mol. The second-order valence-corrected chi connectivity index (χ2v) is 7.00. The Morgan fingerprint density at radius 2 is 2.08 bits per heavy atom. The third-order valence-electron chi connectivity index (χ3n) is 4.24. The van der Waals surface area contributed by atoms with E-state index in [1.54, 1.807) is 30.4 Å². The zero-order chi connectivity index (χ0) is 18.5. The minimum absolute atomic E-state index is 0.0591. The van der Waals surface area contributed by atoms with E-state index in [0.717, 1.165) is 10.4 Å². The molecule has 0 bridgehead atoms. The van der Waals surface area contributed by atoms with Gasteiger partial charge in [-0.25, -0.2) is 4.79 Å². The van der Waals surface area contributed by atoms with Gasteiger partial charge >= 0.3 is 5.97 Å². The van der Waals surface area contributed by atoms with E-state index in [1.807, 2.05) is 29.6 Å². The highest BCUT2D eigenvalue weighted by Gasteiger charge is 2.33. The van der Waals surface area contributed by atoms with Crippen molar-refractivity contribution in [1.29, 1.82) is 0 Å². The third-order valence-corrected chi connectivity index (χ3v) is 5.11. The minimum atomic E-state index is -0.887. The Bertz CT molecular complexity index is 804. The molecule has 2 aromatic rings. The Hall–Kier alpha value is -2.67. The van der Waals surface area contributed by atoms with E-state index in [0.29, 0.717) is 25.1 Å². The number of esters is 1. The molecular weight excluding hydrogens is 352 g/mol. The van der Waals surface area contributed by atoms with E-state index in [1.165, 1.54) is 4.90 Å². The number of hydrogen-bond acceptors (Lipinski definition) is 5. The second-order valence-electron chi connectivity index (χ2n) is 5.96. The van der Waals surface area contributed by atoms with Crippen molar-refractivity contribution in [2.24, 2.45) is 0 Å². The zero-order valence-electron chi connectivity index (χ0n) is 14.4. The number of carbonyl (C=O) groups excluding carboxylic acids is 3. The van der Waals surface area contributed by atoms with Gasteiger partial charge in [0, 0.05) is 17.8 Å². The molecule has 1 aromatic heterocycles. The summed E-state index contributed by atoms with van der Waals surface area (Å²) in [6, 6.07) is 11.0. The van der Waals surface area contributed by atoms with Crippen LogP contribution in [0, 0.1) is 0 Å². The summed E-state index contributed by atoms with van der Waals surface area (Å²) >= 11 is 1.56. The lowest BCUT2D eigenvalue weighted by atomic mass is 9.98. The topological polar surface area (TPSA) is 75.7 Å². The second kappa shape index (κ2) is 8.14. The highest BCUT2D eigenvalue weighted by molar-refractivity contribution is 7.09. The predicted molar refractivity (Wildman–Crippen MR) is 97.8 cm³/mol. The maximum Gasteiger partial charge on any atom is 0.339 e. The van der Waals surface area contributed by atoms with Gasteiger partial charge in [0.2, 0.25) is 5.91 Å². The number of thiophene rings is 1. The van der Waals surface area contributed by atoms with Gasteiger partial charge < -0.3 is 15.0 Å². The van der Waals surface area contributed by atoms with Crippen LogP contribution in [-0.4, -0.2) is 41.9 Å². The fourth-order valence-corrected chi connectivity index (χ4v) is 3.49. The smallest absolute Gasteiger partial charge is 0.339 e. The van der Waals surface area contributed by atoms with E-state index < -0.39 is 12.1 Å². The Labute approximate surface area is 155 Å². The van der Waals surface area contributed by atoms with Crippen molar-refractivity contribution in [2.75, 3.05) is 13.1 Å². The normalized spacial score (nSPS) is 15.7. The van der Waals surface area contributed by atoms with Crippen LogP contribution in [0.3, 0.4) is 0 Å². The molecule has 3 rings (SSSR count). The van der Waals surface area contributed by atoms with Gasteiger partial charge in [-0.05, 0) is 30.0 Å². The summed E-state index contributed by atoms with van der Waals surface area (Å²) in [7, 11) is 0. The monoisotopic (exact) mass is 372 g/mol. The molecule has 26 heavy (non-hydrogen) atoms. The molecule has 0 fully saturated rings. The van der Waals surface area contributed by atoms with Crippen molar-refractivity contribution in [3.05, 3.63) is 57.8 Å². The van der Waals surface area contributed by atoms with Gasteiger partial charge in [-0.15, -0.1) is 11.3 Å². The summed E-state index contributed by atoms with van der Waals surface area (Å²) in [5.74, 6) is -1.08. The first-order valence-corrected chi connectivity index (χ1v) is 9.33. The van der Waals surface area contributed by atoms with E-state index in [4.69, 9.17) is 4.74 Å². The summed E-state index contributed by atoms with van der Waals surface area (Å²) in [5, 5.41) is 4.74. The lowest BCUT2D eigenvalue weighted by Gasteiger charge is -2.28. The minimum Gasteiger partial charge on any atom is -0.448 e. The fourth-order valence-electron chi connectivity index (χ4n) is 2.85. The van der Waals surface area contributed by atoms with Crippen molar-refractivity contribution in [3.63, 3.8) is 0 Å². The lowest BCUT2D eigenvalue weighted by Crippen LogP contribution is -2.48. The Morgan fingerprint density at radius 3 is 2.81 bits per heavy atom. The molecule has 1 aliphatic rings. The fraction of sp³-hybridized carbons (Fsp3) is 0.316. The molecule has 0 radical (unpaired) electrons. The van der Waals surface area contributed by atoms with E-state index in [2.05, 4.69) is 5.32 Å². The number of rotatable bonds is 6. The lowest BCUT2D eigenvalue weighted by molar-refractivity contribution is -0.143. The van der Waals surface area contributed by atoms with E-state index in [9.17, 15) is 14.4 Å². The SMILES string of the molecule is CCN(CC(=O)NCc1cccs1)C(=O)[C@@H]1Cc2ccccc2C(=O)O1. The molecule has 1 aliphatic heterocycles. The number of benzene rings is 1. The summed E-state index contributed by atoms with van der Waals surface area (Å²) in [4.78, 5) is 39.4. The number of amides is 2. The maximum atomic E-state index is 12.7. The highest BCUT2D eigenvalue weighted by atomic mass is 32.1. The largest absolute Gasteiger partial charge is 0.448 e. The molecule has 7 heteroatoms. The molecule has 1 N–H and O–H groups in total. The molecule has 0 unspecified atom stereocenters. The molecule has 2 amide bonds. The van der Waals surface area contributed by atoms with Crippen molar-refractivity contribution < 1.29 is 19.1 Å². The van der Waals surface area contributed by atoms with Gasteiger partial charge in [0.25, 0.3) is 5.91 Å². The molecule has 1 atom stereocenters. The number of hydrogen-bond donors (Lipinski definition) is 1. The Balaban J connectivity index is 1.60. The van der Waals surface area contributed by atoms with Crippen molar-refractivity contribution in [1.82, 2.24) is 10.2 Å². The van der Waals surface area contributed by atoms with Gasteiger partial charge in [-0.3, -0.25) is 9.59 Å². The van der Waals surface area contributed by atoms with E-state index in [-0.39, 0.29) is 18.4 Å². The van der Waals surface area contributed by atoms with Crippen molar-refractivity contribution in [2.45, 2.75) is 26.0 Å². The maximum absolute atomic E-state index is 12.7. The van der Waals surface area contributed by atoms with Crippen LogP contribution < -0.4 is 5.32 Å². The van der Waals surface area contributed by atoms with Gasteiger partial charge in [0.05, 0.1) is 18.7 Å². The third kappa shape index (κ3) is 4.11.